The number of benzene rings is 2. The van der Waals surface area contributed by atoms with Crippen LogP contribution in [0.15, 0.2) is 48.5 Å². The fraction of sp³-hybridized carbons (Fsp3) is 0.167. The summed E-state index contributed by atoms with van der Waals surface area (Å²) in [7, 11) is 3.33. The maximum Gasteiger partial charge on any atom is 0.262 e. The van der Waals surface area contributed by atoms with Crippen LogP contribution in [0.1, 0.15) is 15.9 Å². The van der Waals surface area contributed by atoms with E-state index in [2.05, 4.69) is 5.32 Å². The molecule has 0 aliphatic carbocycles. The molecule has 0 fully saturated rings. The molecule has 1 N–H and O–H groups in total. The molecule has 6 nitrogen and oxygen atoms in total. The summed E-state index contributed by atoms with van der Waals surface area (Å²) >= 11 is 0. The number of carbonyl (C=O) groups is 2. The highest BCUT2D eigenvalue weighted by atomic mass is 16.5. The van der Waals surface area contributed by atoms with E-state index in [0.717, 1.165) is 0 Å². The third-order valence-corrected chi connectivity index (χ3v) is 3.13. The van der Waals surface area contributed by atoms with E-state index in [4.69, 9.17) is 10.00 Å². The van der Waals surface area contributed by atoms with Gasteiger partial charge in [0.1, 0.15) is 5.75 Å². The van der Waals surface area contributed by atoms with Gasteiger partial charge in [-0.25, -0.2) is 0 Å². The molecular weight excluding hydrogens is 306 g/mol. The number of carbonyl (C=O) groups excluding carboxylic acids is 2. The summed E-state index contributed by atoms with van der Waals surface area (Å²) in [6, 6.07) is 15.3. The average Bonchev–Trinajstić information content (AvgIpc) is 2.59. The highest BCUT2D eigenvalue weighted by Gasteiger charge is 2.10. The van der Waals surface area contributed by atoms with Gasteiger partial charge in [0.05, 0.1) is 11.6 Å². The highest BCUT2D eigenvalue weighted by Crippen LogP contribution is 2.14. The summed E-state index contributed by atoms with van der Waals surface area (Å²) in [5, 5.41) is 11.5. The molecular formula is C18H17N3O3. The molecule has 6 heteroatoms. The van der Waals surface area contributed by atoms with Crippen LogP contribution in [-0.4, -0.2) is 37.4 Å². The molecule has 0 aromatic heterocycles. The molecule has 0 spiro atoms. The van der Waals surface area contributed by atoms with Gasteiger partial charge in [0.2, 0.25) is 0 Å². The second kappa shape index (κ2) is 7.79. The van der Waals surface area contributed by atoms with Crippen molar-refractivity contribution < 1.29 is 14.3 Å². The summed E-state index contributed by atoms with van der Waals surface area (Å²) in [6.07, 6.45) is 0. The molecule has 0 saturated heterocycles. The average molecular weight is 323 g/mol. The van der Waals surface area contributed by atoms with Crippen molar-refractivity contribution in [3.63, 3.8) is 0 Å². The highest BCUT2D eigenvalue weighted by molar-refractivity contribution is 5.97. The largest absolute Gasteiger partial charge is 0.484 e. The molecule has 0 bridgehead atoms. The zero-order valence-corrected chi connectivity index (χ0v) is 13.4. The first-order valence-corrected chi connectivity index (χ1v) is 7.24. The van der Waals surface area contributed by atoms with Crippen molar-refractivity contribution in [3.8, 4) is 11.8 Å². The van der Waals surface area contributed by atoms with Gasteiger partial charge in [0.15, 0.2) is 6.61 Å². The number of anilines is 1. The summed E-state index contributed by atoms with van der Waals surface area (Å²) in [5.41, 5.74) is 1.46. The minimum Gasteiger partial charge on any atom is -0.484 e. The lowest BCUT2D eigenvalue weighted by Crippen LogP contribution is -2.23. The van der Waals surface area contributed by atoms with Crippen LogP contribution in [0, 0.1) is 11.3 Å². The lowest BCUT2D eigenvalue weighted by molar-refractivity contribution is -0.118. The molecule has 0 aliphatic rings. The molecule has 0 radical (unpaired) electrons. The van der Waals surface area contributed by atoms with E-state index in [1.165, 1.54) is 4.90 Å². The quantitative estimate of drug-likeness (QED) is 0.915. The van der Waals surface area contributed by atoms with Crippen LogP contribution in [0.3, 0.4) is 0 Å². The number of hydrogen-bond donors (Lipinski definition) is 1. The third-order valence-electron chi connectivity index (χ3n) is 3.13. The Balaban J connectivity index is 1.96. The number of rotatable bonds is 5. The van der Waals surface area contributed by atoms with Gasteiger partial charge in [-0.2, -0.15) is 5.26 Å². The SMILES string of the molecule is CN(C)C(=O)c1cccc(NC(=O)COc2cccc(C#N)c2)c1. The summed E-state index contributed by atoms with van der Waals surface area (Å²) in [5.74, 6) is -0.0526. The van der Waals surface area contributed by atoms with Crippen LogP contribution >= 0.6 is 0 Å². The van der Waals surface area contributed by atoms with E-state index in [9.17, 15) is 9.59 Å². The Bertz CT molecular complexity index is 794. The van der Waals surface area contributed by atoms with E-state index in [-0.39, 0.29) is 18.4 Å². The molecule has 2 amide bonds. The Kier molecular flexibility index (Phi) is 5.53. The lowest BCUT2D eigenvalue weighted by Gasteiger charge is -2.12. The Morgan fingerprint density at radius 1 is 1.17 bits per heavy atom. The van der Waals surface area contributed by atoms with Gasteiger partial charge in [0, 0.05) is 25.3 Å². The molecule has 122 valence electrons. The van der Waals surface area contributed by atoms with Gasteiger partial charge in [-0.15, -0.1) is 0 Å². The number of ether oxygens (including phenoxy) is 1. The van der Waals surface area contributed by atoms with E-state index in [0.29, 0.717) is 22.6 Å². The van der Waals surface area contributed by atoms with Gasteiger partial charge in [0.25, 0.3) is 11.8 Å². The maximum atomic E-state index is 12.0. The molecule has 2 aromatic rings. The van der Waals surface area contributed by atoms with E-state index in [1.807, 2.05) is 6.07 Å². The van der Waals surface area contributed by atoms with Crippen LogP contribution < -0.4 is 10.1 Å². The Hall–Kier alpha value is -3.33. The van der Waals surface area contributed by atoms with Gasteiger partial charge in [-0.3, -0.25) is 9.59 Å². The van der Waals surface area contributed by atoms with Gasteiger partial charge in [-0.05, 0) is 36.4 Å². The van der Waals surface area contributed by atoms with Crippen molar-refractivity contribution in [2.45, 2.75) is 0 Å². The van der Waals surface area contributed by atoms with E-state index >= 15 is 0 Å². The zero-order valence-electron chi connectivity index (χ0n) is 13.4. The molecule has 0 aliphatic heterocycles. The van der Waals surface area contributed by atoms with Crippen LogP contribution in [0.2, 0.25) is 0 Å². The van der Waals surface area contributed by atoms with Crippen molar-refractivity contribution in [3.05, 3.63) is 59.7 Å². The van der Waals surface area contributed by atoms with Gasteiger partial charge < -0.3 is 15.0 Å². The van der Waals surface area contributed by atoms with Gasteiger partial charge >= 0.3 is 0 Å². The van der Waals surface area contributed by atoms with Crippen molar-refractivity contribution in [2.75, 3.05) is 26.0 Å². The van der Waals surface area contributed by atoms with E-state index in [1.54, 1.807) is 62.6 Å². The monoisotopic (exact) mass is 323 g/mol. The standard InChI is InChI=1S/C18H17N3O3/c1-21(2)18(23)14-6-4-7-15(10-14)20-17(22)12-24-16-8-3-5-13(9-16)11-19/h3-10H,12H2,1-2H3,(H,20,22). The molecule has 0 atom stereocenters. The zero-order chi connectivity index (χ0) is 17.5. The fourth-order valence-corrected chi connectivity index (χ4v) is 1.99. The number of nitriles is 1. The first kappa shape index (κ1) is 17.0. The molecule has 0 saturated carbocycles. The smallest absolute Gasteiger partial charge is 0.262 e. The minimum atomic E-state index is -0.355. The molecule has 0 unspecified atom stereocenters. The summed E-state index contributed by atoms with van der Waals surface area (Å²) in [4.78, 5) is 25.3. The minimum absolute atomic E-state index is 0.143. The first-order chi connectivity index (χ1) is 11.5. The Morgan fingerprint density at radius 3 is 2.62 bits per heavy atom. The van der Waals surface area contributed by atoms with Crippen LogP contribution in [-0.2, 0) is 4.79 Å². The van der Waals surface area contributed by atoms with Gasteiger partial charge in [-0.1, -0.05) is 12.1 Å². The maximum absolute atomic E-state index is 12.0. The third kappa shape index (κ3) is 4.58. The number of nitrogens with zero attached hydrogens (tertiary/aromatic N) is 2. The van der Waals surface area contributed by atoms with Crippen molar-refractivity contribution in [2.24, 2.45) is 0 Å². The normalized spacial score (nSPS) is 9.71. The first-order valence-electron chi connectivity index (χ1n) is 7.24. The molecule has 2 rings (SSSR count). The van der Waals surface area contributed by atoms with Crippen molar-refractivity contribution in [1.82, 2.24) is 4.90 Å². The number of hydrogen-bond acceptors (Lipinski definition) is 4. The molecule has 0 heterocycles. The number of amides is 2. The molecule has 24 heavy (non-hydrogen) atoms. The fourth-order valence-electron chi connectivity index (χ4n) is 1.99. The Morgan fingerprint density at radius 2 is 1.92 bits per heavy atom. The molecule has 2 aromatic carbocycles. The van der Waals surface area contributed by atoms with Crippen molar-refractivity contribution in [1.29, 1.82) is 5.26 Å². The lowest BCUT2D eigenvalue weighted by atomic mass is 10.2. The predicted octanol–water partition coefficient (Wildman–Crippen LogP) is 2.28. The topological polar surface area (TPSA) is 82.4 Å². The second-order valence-electron chi connectivity index (χ2n) is 5.26. The van der Waals surface area contributed by atoms with Crippen molar-refractivity contribution >= 4 is 17.5 Å². The van der Waals surface area contributed by atoms with Crippen LogP contribution in [0.25, 0.3) is 0 Å². The Labute approximate surface area is 140 Å². The van der Waals surface area contributed by atoms with E-state index < -0.39 is 0 Å². The van der Waals surface area contributed by atoms with Crippen LogP contribution in [0.5, 0.6) is 5.75 Å². The predicted molar refractivity (Wildman–Crippen MR) is 89.7 cm³/mol. The van der Waals surface area contributed by atoms with Crippen LogP contribution in [0.4, 0.5) is 5.69 Å². The summed E-state index contributed by atoms with van der Waals surface area (Å²) in [6.45, 7) is -0.194. The second-order valence-corrected chi connectivity index (χ2v) is 5.26. The summed E-state index contributed by atoms with van der Waals surface area (Å²) < 4.78 is 5.36. The number of nitrogens with one attached hydrogen (secondary N) is 1.